The zero-order chi connectivity index (χ0) is 16.6. The van der Waals surface area contributed by atoms with E-state index in [9.17, 15) is 4.79 Å². The second-order valence-corrected chi connectivity index (χ2v) is 5.43. The van der Waals surface area contributed by atoms with Crippen molar-refractivity contribution < 1.29 is 13.9 Å². The van der Waals surface area contributed by atoms with Crippen LogP contribution in [0.25, 0.3) is 22.1 Å². The fourth-order valence-electron chi connectivity index (χ4n) is 2.65. The van der Waals surface area contributed by atoms with Crippen LogP contribution in [0.5, 0.6) is 11.5 Å². The van der Waals surface area contributed by atoms with Crippen LogP contribution in [-0.4, -0.2) is 14.2 Å². The van der Waals surface area contributed by atoms with E-state index in [0.29, 0.717) is 44.4 Å². The number of rotatable bonds is 3. The molecule has 4 nitrogen and oxygen atoms in total. The third-order valence-electron chi connectivity index (χ3n) is 3.72. The molecule has 23 heavy (non-hydrogen) atoms. The minimum atomic E-state index is -0.155. The van der Waals surface area contributed by atoms with Gasteiger partial charge in [0.25, 0.3) is 0 Å². The first kappa shape index (κ1) is 15.4. The van der Waals surface area contributed by atoms with Crippen LogP contribution in [0.4, 0.5) is 0 Å². The minimum Gasteiger partial charge on any atom is -0.493 e. The maximum Gasteiger partial charge on any atom is 0.204 e. The SMILES string of the molecule is COc1ccc2c(=O)c(-c3ccccc3Cl)c(C)oc2c1OC. The second-order valence-electron chi connectivity index (χ2n) is 5.02. The molecular formula is C18H15ClO4. The fraction of sp³-hybridized carbons (Fsp3) is 0.167. The molecule has 0 bridgehead atoms. The smallest absolute Gasteiger partial charge is 0.204 e. The molecule has 0 atom stereocenters. The van der Waals surface area contributed by atoms with Gasteiger partial charge in [0.05, 0.1) is 25.2 Å². The molecule has 2 aromatic carbocycles. The summed E-state index contributed by atoms with van der Waals surface area (Å²) in [5.74, 6) is 1.38. The van der Waals surface area contributed by atoms with Gasteiger partial charge in [-0.05, 0) is 25.1 Å². The normalized spacial score (nSPS) is 10.8. The van der Waals surface area contributed by atoms with Crippen LogP contribution in [0, 0.1) is 6.92 Å². The van der Waals surface area contributed by atoms with Crippen LogP contribution < -0.4 is 14.9 Å². The molecule has 0 N–H and O–H groups in total. The van der Waals surface area contributed by atoms with E-state index in [-0.39, 0.29) is 5.43 Å². The van der Waals surface area contributed by atoms with Gasteiger partial charge in [-0.3, -0.25) is 4.79 Å². The largest absolute Gasteiger partial charge is 0.493 e. The van der Waals surface area contributed by atoms with Gasteiger partial charge in [0.2, 0.25) is 11.2 Å². The van der Waals surface area contributed by atoms with Gasteiger partial charge in [0.1, 0.15) is 5.76 Å². The molecule has 0 aliphatic carbocycles. The molecule has 3 aromatic rings. The summed E-state index contributed by atoms with van der Waals surface area (Å²) < 4.78 is 16.5. The van der Waals surface area contributed by atoms with E-state index in [1.165, 1.54) is 14.2 Å². The molecule has 0 unspecified atom stereocenters. The third-order valence-corrected chi connectivity index (χ3v) is 4.05. The van der Waals surface area contributed by atoms with Gasteiger partial charge >= 0.3 is 0 Å². The number of ether oxygens (including phenoxy) is 2. The first-order valence-corrected chi connectivity index (χ1v) is 7.39. The topological polar surface area (TPSA) is 48.7 Å². The van der Waals surface area contributed by atoms with Crippen molar-refractivity contribution in [2.75, 3.05) is 14.2 Å². The summed E-state index contributed by atoms with van der Waals surface area (Å²) >= 11 is 6.23. The lowest BCUT2D eigenvalue weighted by Crippen LogP contribution is -2.08. The number of hydrogen-bond donors (Lipinski definition) is 0. The van der Waals surface area contributed by atoms with Gasteiger partial charge in [-0.2, -0.15) is 0 Å². The molecule has 0 aliphatic heterocycles. The molecule has 1 heterocycles. The highest BCUT2D eigenvalue weighted by atomic mass is 35.5. The number of aryl methyl sites for hydroxylation is 1. The number of methoxy groups -OCH3 is 2. The van der Waals surface area contributed by atoms with Gasteiger partial charge in [0, 0.05) is 10.6 Å². The standard InChI is InChI=1S/C18H15ClO4/c1-10-15(11-6-4-5-7-13(11)19)16(20)12-8-9-14(21-2)18(22-3)17(12)23-10/h4-9H,1-3H3. The summed E-state index contributed by atoms with van der Waals surface area (Å²) in [4.78, 5) is 13.0. The van der Waals surface area contributed by atoms with Crippen LogP contribution >= 0.6 is 11.6 Å². The van der Waals surface area contributed by atoms with Gasteiger partial charge < -0.3 is 13.9 Å². The molecule has 1 aromatic heterocycles. The number of benzene rings is 2. The fourth-order valence-corrected chi connectivity index (χ4v) is 2.88. The van der Waals surface area contributed by atoms with Crippen LogP contribution in [0.2, 0.25) is 5.02 Å². The van der Waals surface area contributed by atoms with Gasteiger partial charge in [-0.15, -0.1) is 0 Å². The highest BCUT2D eigenvalue weighted by molar-refractivity contribution is 6.33. The maximum atomic E-state index is 13.0. The van der Waals surface area contributed by atoms with Gasteiger partial charge in [-0.25, -0.2) is 0 Å². The van der Waals surface area contributed by atoms with E-state index in [4.69, 9.17) is 25.5 Å². The summed E-state index contributed by atoms with van der Waals surface area (Å²) in [6, 6.07) is 10.5. The predicted molar refractivity (Wildman–Crippen MR) is 90.8 cm³/mol. The van der Waals surface area contributed by atoms with E-state index >= 15 is 0 Å². The van der Waals surface area contributed by atoms with Crippen LogP contribution in [0.15, 0.2) is 45.6 Å². The van der Waals surface area contributed by atoms with E-state index in [0.717, 1.165) is 0 Å². The van der Waals surface area contributed by atoms with E-state index < -0.39 is 0 Å². The second kappa shape index (κ2) is 5.97. The molecule has 0 amide bonds. The monoisotopic (exact) mass is 330 g/mol. The number of fused-ring (bicyclic) bond motifs is 1. The first-order valence-electron chi connectivity index (χ1n) is 7.01. The van der Waals surface area contributed by atoms with Crippen molar-refractivity contribution in [1.82, 2.24) is 0 Å². The Labute approximate surface area is 138 Å². The van der Waals surface area contributed by atoms with Gasteiger partial charge in [0.15, 0.2) is 11.3 Å². The highest BCUT2D eigenvalue weighted by Crippen LogP contribution is 2.37. The third kappa shape index (κ3) is 2.45. The lowest BCUT2D eigenvalue weighted by molar-refractivity contribution is 0.352. The highest BCUT2D eigenvalue weighted by Gasteiger charge is 2.19. The van der Waals surface area contributed by atoms with Crippen molar-refractivity contribution >= 4 is 22.6 Å². The van der Waals surface area contributed by atoms with Crippen LogP contribution in [0.1, 0.15) is 5.76 Å². The Morgan fingerprint density at radius 3 is 2.43 bits per heavy atom. The molecule has 0 fully saturated rings. The molecule has 0 saturated heterocycles. The van der Waals surface area contributed by atoms with Crippen molar-refractivity contribution in [2.45, 2.75) is 6.92 Å². The Hall–Kier alpha value is -2.46. The summed E-state index contributed by atoms with van der Waals surface area (Å²) in [5, 5.41) is 0.922. The van der Waals surface area contributed by atoms with E-state index in [2.05, 4.69) is 0 Å². The van der Waals surface area contributed by atoms with Crippen molar-refractivity contribution in [3.63, 3.8) is 0 Å². The molecule has 0 saturated carbocycles. The summed E-state index contributed by atoms with van der Waals surface area (Å²) in [6.45, 7) is 1.73. The number of halogens is 1. The Morgan fingerprint density at radius 2 is 1.78 bits per heavy atom. The summed E-state index contributed by atoms with van der Waals surface area (Å²) in [6.07, 6.45) is 0. The molecule has 3 rings (SSSR count). The van der Waals surface area contributed by atoms with E-state index in [1.807, 2.05) is 12.1 Å². The maximum absolute atomic E-state index is 13.0. The molecular weight excluding hydrogens is 316 g/mol. The van der Waals surface area contributed by atoms with E-state index in [1.54, 1.807) is 31.2 Å². The summed E-state index contributed by atoms with van der Waals surface area (Å²) in [7, 11) is 3.04. The minimum absolute atomic E-state index is 0.155. The summed E-state index contributed by atoms with van der Waals surface area (Å²) in [5.41, 5.74) is 1.32. The first-order chi connectivity index (χ1) is 11.1. The Morgan fingerprint density at radius 1 is 1.04 bits per heavy atom. The average molecular weight is 331 g/mol. The molecule has 0 radical (unpaired) electrons. The molecule has 0 spiro atoms. The van der Waals surface area contributed by atoms with Crippen LogP contribution in [0.3, 0.4) is 0 Å². The van der Waals surface area contributed by atoms with Gasteiger partial charge in [-0.1, -0.05) is 29.8 Å². The quantitative estimate of drug-likeness (QED) is 0.712. The van der Waals surface area contributed by atoms with Crippen molar-refractivity contribution in [3.05, 3.63) is 57.4 Å². The van der Waals surface area contributed by atoms with Crippen LogP contribution in [-0.2, 0) is 0 Å². The molecule has 0 aliphatic rings. The van der Waals surface area contributed by atoms with Crippen molar-refractivity contribution in [1.29, 1.82) is 0 Å². The molecule has 118 valence electrons. The Balaban J connectivity index is 2.41. The Bertz CT molecular complexity index is 944. The zero-order valence-corrected chi connectivity index (χ0v) is 13.7. The van der Waals surface area contributed by atoms with Crippen molar-refractivity contribution in [2.24, 2.45) is 0 Å². The average Bonchev–Trinajstić information content (AvgIpc) is 2.55. The lowest BCUT2D eigenvalue weighted by atomic mass is 10.0. The number of hydrogen-bond acceptors (Lipinski definition) is 4. The molecule has 5 heteroatoms. The predicted octanol–water partition coefficient (Wildman–Crippen LogP) is 4.44. The zero-order valence-electron chi connectivity index (χ0n) is 13.0. The Kier molecular flexibility index (Phi) is 4.01. The van der Waals surface area contributed by atoms with Crippen molar-refractivity contribution in [3.8, 4) is 22.6 Å². The lowest BCUT2D eigenvalue weighted by Gasteiger charge is -2.12.